The second kappa shape index (κ2) is 8.71. The third kappa shape index (κ3) is 4.24. The molecule has 0 aromatic heterocycles. The summed E-state index contributed by atoms with van der Waals surface area (Å²) in [5.74, 6) is 2.14. The highest BCUT2D eigenvalue weighted by Crippen LogP contribution is 2.47. The normalized spacial score (nSPS) is 31.4. The molecular weight excluding hydrogens is 455 g/mol. The van der Waals surface area contributed by atoms with Crippen molar-refractivity contribution in [1.29, 1.82) is 0 Å². The monoisotopic (exact) mass is 486 g/mol. The van der Waals surface area contributed by atoms with Gasteiger partial charge in [0, 0.05) is 51.6 Å². The number of fused-ring (bicyclic) bond motifs is 5. The van der Waals surface area contributed by atoms with Crippen molar-refractivity contribution in [2.45, 2.75) is 38.9 Å². The molecule has 9 heteroatoms. The number of sulfonamides is 1. The van der Waals surface area contributed by atoms with E-state index in [2.05, 4.69) is 15.2 Å². The van der Waals surface area contributed by atoms with E-state index in [-0.39, 0.29) is 29.7 Å². The van der Waals surface area contributed by atoms with Crippen LogP contribution in [0.25, 0.3) is 0 Å². The molecule has 7 nitrogen and oxygen atoms in total. The van der Waals surface area contributed by atoms with Gasteiger partial charge in [-0.3, -0.25) is 4.99 Å². The van der Waals surface area contributed by atoms with Crippen molar-refractivity contribution >= 4 is 40.0 Å². The van der Waals surface area contributed by atoms with E-state index in [9.17, 15) is 8.42 Å². The summed E-state index contributed by atoms with van der Waals surface area (Å²) in [5, 5.41) is 3.24. The average molecular weight is 486 g/mol. The van der Waals surface area contributed by atoms with Crippen molar-refractivity contribution in [3.63, 3.8) is 0 Å². The first-order valence-electron chi connectivity index (χ1n) is 9.09. The van der Waals surface area contributed by atoms with E-state index in [0.29, 0.717) is 43.7 Å². The van der Waals surface area contributed by atoms with E-state index >= 15 is 0 Å². The van der Waals surface area contributed by atoms with Crippen LogP contribution >= 0.6 is 24.0 Å². The molecule has 2 bridgehead atoms. The van der Waals surface area contributed by atoms with E-state index < -0.39 is 10.0 Å². The zero-order valence-electron chi connectivity index (χ0n) is 15.3. The molecule has 3 aliphatic heterocycles. The Kier molecular flexibility index (Phi) is 7.37. The number of ether oxygens (including phenoxy) is 1. The molecule has 4 unspecified atom stereocenters. The molecule has 0 aliphatic carbocycles. The second-order valence-corrected chi connectivity index (χ2v) is 8.99. The Balaban J connectivity index is 0.00000225. The van der Waals surface area contributed by atoms with Gasteiger partial charge >= 0.3 is 0 Å². The van der Waals surface area contributed by atoms with Crippen molar-refractivity contribution in [2.24, 2.45) is 16.8 Å². The number of halogens is 1. The van der Waals surface area contributed by atoms with Gasteiger partial charge in [-0.1, -0.05) is 13.8 Å². The van der Waals surface area contributed by atoms with Crippen LogP contribution in [0.2, 0.25) is 0 Å². The molecular formula is C16H31IN4O3S. The summed E-state index contributed by atoms with van der Waals surface area (Å²) >= 11 is 0. The number of hydrogen-bond acceptors (Lipinski definition) is 4. The predicted octanol–water partition coefficient (Wildman–Crippen LogP) is 0.961. The molecule has 0 aromatic rings. The largest absolute Gasteiger partial charge is 0.374 e. The van der Waals surface area contributed by atoms with E-state index in [0.717, 1.165) is 19.0 Å². The highest BCUT2D eigenvalue weighted by atomic mass is 127. The quantitative estimate of drug-likeness (QED) is 0.344. The molecule has 3 rings (SSSR count). The van der Waals surface area contributed by atoms with Gasteiger partial charge in [-0.05, 0) is 12.8 Å². The third-order valence-corrected chi connectivity index (χ3v) is 7.73. The molecule has 3 aliphatic rings. The summed E-state index contributed by atoms with van der Waals surface area (Å²) in [7, 11) is -1.43. The number of guanidine groups is 1. The molecule has 3 heterocycles. The maximum absolute atomic E-state index is 12.3. The van der Waals surface area contributed by atoms with Crippen molar-refractivity contribution < 1.29 is 13.2 Å². The lowest BCUT2D eigenvalue weighted by Crippen LogP contribution is -2.44. The van der Waals surface area contributed by atoms with Crippen LogP contribution in [0, 0.1) is 11.8 Å². The smallest absolute Gasteiger partial charge is 0.215 e. The van der Waals surface area contributed by atoms with Gasteiger partial charge in [0.25, 0.3) is 0 Å². The van der Waals surface area contributed by atoms with Gasteiger partial charge in [-0.2, -0.15) is 0 Å². The Bertz CT molecular complexity index is 564. The van der Waals surface area contributed by atoms with Gasteiger partial charge < -0.3 is 15.0 Å². The lowest BCUT2D eigenvalue weighted by Gasteiger charge is -2.24. The summed E-state index contributed by atoms with van der Waals surface area (Å²) in [5.41, 5.74) is 0. The van der Waals surface area contributed by atoms with Crippen LogP contribution < -0.4 is 5.32 Å². The molecule has 0 aromatic carbocycles. The molecule has 25 heavy (non-hydrogen) atoms. The van der Waals surface area contributed by atoms with Gasteiger partial charge in [-0.25, -0.2) is 12.7 Å². The topological polar surface area (TPSA) is 74.2 Å². The van der Waals surface area contributed by atoms with Crippen LogP contribution in [-0.4, -0.2) is 81.3 Å². The lowest BCUT2D eigenvalue weighted by molar-refractivity contribution is 0.0767. The minimum atomic E-state index is -3.20. The number of nitrogens with zero attached hydrogens (tertiary/aromatic N) is 3. The Hall–Kier alpha value is -0.130. The standard InChI is InChI=1S/C16H30N4O3S.HI/c1-4-20(5-2)24(21,22)9-8-18-16(17-3)19-10-12-13(11-19)15-7-6-14(12)23-15;/h12-15H,4-11H2,1-3H3,(H,17,18);1H. The Labute approximate surface area is 168 Å². The molecule has 0 amide bonds. The molecule has 0 spiro atoms. The maximum Gasteiger partial charge on any atom is 0.215 e. The van der Waals surface area contributed by atoms with Gasteiger partial charge in [-0.15, -0.1) is 24.0 Å². The van der Waals surface area contributed by atoms with E-state index in [1.165, 1.54) is 17.1 Å². The average Bonchev–Trinajstić information content (AvgIpc) is 3.24. The number of rotatable bonds is 6. The maximum atomic E-state index is 12.3. The Morgan fingerprint density at radius 2 is 1.76 bits per heavy atom. The first-order chi connectivity index (χ1) is 11.5. The summed E-state index contributed by atoms with van der Waals surface area (Å²) in [4.78, 5) is 6.63. The number of hydrogen-bond donors (Lipinski definition) is 1. The van der Waals surface area contributed by atoms with E-state index in [1.54, 1.807) is 7.05 Å². The van der Waals surface area contributed by atoms with Crippen LogP contribution in [-0.2, 0) is 14.8 Å². The van der Waals surface area contributed by atoms with Gasteiger partial charge in [0.05, 0.1) is 18.0 Å². The van der Waals surface area contributed by atoms with Crippen molar-refractivity contribution in [1.82, 2.24) is 14.5 Å². The van der Waals surface area contributed by atoms with Crippen molar-refractivity contribution in [3.05, 3.63) is 0 Å². The lowest BCUT2D eigenvalue weighted by atomic mass is 9.82. The Morgan fingerprint density at radius 3 is 2.24 bits per heavy atom. The summed E-state index contributed by atoms with van der Waals surface area (Å²) in [6.07, 6.45) is 3.22. The van der Waals surface area contributed by atoms with Gasteiger partial charge in [0.1, 0.15) is 0 Å². The van der Waals surface area contributed by atoms with E-state index in [1.807, 2.05) is 13.8 Å². The van der Waals surface area contributed by atoms with Gasteiger partial charge in [0.15, 0.2) is 5.96 Å². The third-order valence-electron chi connectivity index (χ3n) is 5.71. The van der Waals surface area contributed by atoms with Crippen LogP contribution in [0.4, 0.5) is 0 Å². The number of aliphatic imine (C=N–C) groups is 1. The molecule has 3 fully saturated rings. The van der Waals surface area contributed by atoms with Crippen LogP contribution in [0.3, 0.4) is 0 Å². The van der Waals surface area contributed by atoms with Crippen molar-refractivity contribution in [2.75, 3.05) is 45.5 Å². The zero-order valence-corrected chi connectivity index (χ0v) is 18.5. The first-order valence-corrected chi connectivity index (χ1v) is 10.7. The van der Waals surface area contributed by atoms with Gasteiger partial charge in [0.2, 0.25) is 10.0 Å². The Morgan fingerprint density at radius 1 is 1.20 bits per heavy atom. The summed E-state index contributed by atoms with van der Waals surface area (Å²) < 4.78 is 32.0. The van der Waals surface area contributed by atoms with E-state index in [4.69, 9.17) is 4.74 Å². The second-order valence-electron chi connectivity index (χ2n) is 6.90. The fraction of sp³-hybridized carbons (Fsp3) is 0.938. The SMILES string of the molecule is CCN(CC)S(=O)(=O)CCNC(=NC)N1CC2C3CCC(O3)C2C1.I. The van der Waals surface area contributed by atoms with Crippen molar-refractivity contribution in [3.8, 4) is 0 Å². The predicted molar refractivity (Wildman–Crippen MR) is 110 cm³/mol. The fourth-order valence-corrected chi connectivity index (χ4v) is 5.91. The molecule has 0 radical (unpaired) electrons. The molecule has 3 saturated heterocycles. The number of likely N-dealkylation sites (tertiary alicyclic amines) is 1. The molecule has 146 valence electrons. The zero-order chi connectivity index (χ0) is 17.3. The summed E-state index contributed by atoms with van der Waals surface area (Å²) in [6, 6.07) is 0. The first kappa shape index (κ1) is 21.2. The fourth-order valence-electron chi connectivity index (χ4n) is 4.50. The molecule has 0 saturated carbocycles. The molecule has 1 N–H and O–H groups in total. The minimum Gasteiger partial charge on any atom is -0.374 e. The number of nitrogens with one attached hydrogen (secondary N) is 1. The van der Waals surface area contributed by atoms with Crippen LogP contribution in [0.1, 0.15) is 26.7 Å². The highest BCUT2D eigenvalue weighted by Gasteiger charge is 2.53. The molecule has 4 atom stereocenters. The van der Waals surface area contributed by atoms with Crippen LogP contribution in [0.15, 0.2) is 4.99 Å². The minimum absolute atomic E-state index is 0. The van der Waals surface area contributed by atoms with Crippen LogP contribution in [0.5, 0.6) is 0 Å². The summed E-state index contributed by atoms with van der Waals surface area (Å²) in [6.45, 7) is 7.10. The highest BCUT2D eigenvalue weighted by molar-refractivity contribution is 14.0.